The van der Waals surface area contributed by atoms with Gasteiger partial charge in [0, 0.05) is 21.5 Å². The molecule has 0 aliphatic heterocycles. The van der Waals surface area contributed by atoms with Crippen LogP contribution in [-0.4, -0.2) is 21.5 Å². The van der Waals surface area contributed by atoms with Crippen molar-refractivity contribution in [3.8, 4) is 0 Å². The maximum atomic E-state index is 6.44. The lowest BCUT2D eigenvalue weighted by Gasteiger charge is -2.43. The van der Waals surface area contributed by atoms with Crippen LogP contribution < -0.4 is 0 Å². The lowest BCUT2D eigenvalue weighted by atomic mass is 9.72. The average Bonchev–Trinajstić information content (AvgIpc) is 2.21. The Balaban J connectivity index is 2.12. The summed E-state index contributed by atoms with van der Waals surface area (Å²) in [5.74, 6) is 0.588. The first-order valence-corrected chi connectivity index (χ1v) is 7.92. The monoisotopic (exact) mass is 302 g/mol. The third-order valence-corrected chi connectivity index (χ3v) is 6.07. The summed E-state index contributed by atoms with van der Waals surface area (Å²) < 4.78 is 0. The molecular formula is C12H18Cl4. The summed E-state index contributed by atoms with van der Waals surface area (Å²) in [4.78, 5) is 0. The Labute approximate surface area is 118 Å². The van der Waals surface area contributed by atoms with E-state index in [1.54, 1.807) is 0 Å². The highest BCUT2D eigenvalue weighted by molar-refractivity contribution is 6.26. The van der Waals surface area contributed by atoms with Gasteiger partial charge in [-0.05, 0) is 37.5 Å². The molecule has 2 aliphatic rings. The normalized spacial score (nSPS) is 50.2. The van der Waals surface area contributed by atoms with E-state index in [0.29, 0.717) is 11.8 Å². The summed E-state index contributed by atoms with van der Waals surface area (Å²) in [6.07, 6.45) is 6.48. The zero-order chi connectivity index (χ0) is 11.7. The minimum absolute atomic E-state index is 0.154. The Kier molecular flexibility index (Phi) is 4.98. The molecule has 0 bridgehead atoms. The maximum Gasteiger partial charge on any atom is 0.0382 e. The minimum atomic E-state index is 0.154. The number of hydrogen-bond acceptors (Lipinski definition) is 0. The van der Waals surface area contributed by atoms with Crippen LogP contribution in [0.15, 0.2) is 0 Å². The van der Waals surface area contributed by atoms with Crippen LogP contribution in [0.25, 0.3) is 0 Å². The second-order valence-corrected chi connectivity index (χ2v) is 7.32. The van der Waals surface area contributed by atoms with Gasteiger partial charge in [-0.15, -0.1) is 46.4 Å². The molecule has 0 aromatic rings. The quantitative estimate of drug-likeness (QED) is 0.597. The predicted molar refractivity (Wildman–Crippen MR) is 73.2 cm³/mol. The van der Waals surface area contributed by atoms with Crippen LogP contribution in [0.3, 0.4) is 0 Å². The molecule has 94 valence electrons. The molecule has 0 spiro atoms. The van der Waals surface area contributed by atoms with Gasteiger partial charge in [-0.25, -0.2) is 0 Å². The topological polar surface area (TPSA) is 0 Å². The standard InChI is InChI=1S/C12H18Cl4/c13-7-3-1-4-8(14)11(7)12-9(15)5-2-6-10(12)16/h7-12H,1-6H2. The third kappa shape index (κ3) is 2.76. The van der Waals surface area contributed by atoms with Crippen LogP contribution in [0.1, 0.15) is 38.5 Å². The van der Waals surface area contributed by atoms with Gasteiger partial charge in [0.2, 0.25) is 0 Å². The molecular weight excluding hydrogens is 286 g/mol. The van der Waals surface area contributed by atoms with E-state index in [2.05, 4.69) is 0 Å². The van der Waals surface area contributed by atoms with E-state index >= 15 is 0 Å². The molecule has 0 aromatic carbocycles. The van der Waals surface area contributed by atoms with E-state index in [-0.39, 0.29) is 21.5 Å². The fourth-order valence-electron chi connectivity index (χ4n) is 3.20. The van der Waals surface area contributed by atoms with Crippen molar-refractivity contribution in [2.75, 3.05) is 0 Å². The van der Waals surface area contributed by atoms with Crippen LogP contribution in [0.4, 0.5) is 0 Å². The molecule has 4 heteroatoms. The molecule has 2 fully saturated rings. The highest BCUT2D eigenvalue weighted by Gasteiger charge is 2.44. The Morgan fingerprint density at radius 2 is 0.750 bits per heavy atom. The first kappa shape index (κ1) is 13.6. The van der Waals surface area contributed by atoms with E-state index in [9.17, 15) is 0 Å². The summed E-state index contributed by atoms with van der Waals surface area (Å²) >= 11 is 25.8. The van der Waals surface area contributed by atoms with Gasteiger partial charge in [-0.1, -0.05) is 12.8 Å². The van der Waals surface area contributed by atoms with Crippen LogP contribution in [0, 0.1) is 11.8 Å². The van der Waals surface area contributed by atoms with E-state index in [0.717, 1.165) is 38.5 Å². The van der Waals surface area contributed by atoms with Crippen molar-refractivity contribution in [1.29, 1.82) is 0 Å². The first-order chi connectivity index (χ1) is 7.61. The van der Waals surface area contributed by atoms with Crippen molar-refractivity contribution in [2.24, 2.45) is 11.8 Å². The molecule has 0 N–H and O–H groups in total. The van der Waals surface area contributed by atoms with E-state index in [4.69, 9.17) is 46.4 Å². The SMILES string of the molecule is ClC1CCCC(Cl)C1C1C(Cl)CCCC1Cl. The second-order valence-electron chi connectivity index (χ2n) is 5.08. The molecule has 0 heterocycles. The molecule has 0 amide bonds. The van der Waals surface area contributed by atoms with Crippen LogP contribution in [0.2, 0.25) is 0 Å². The second kappa shape index (κ2) is 5.87. The smallest absolute Gasteiger partial charge is 0.0382 e. The summed E-state index contributed by atoms with van der Waals surface area (Å²) in [6.45, 7) is 0. The van der Waals surface area contributed by atoms with Gasteiger partial charge in [0.1, 0.15) is 0 Å². The van der Waals surface area contributed by atoms with E-state index in [1.807, 2.05) is 0 Å². The first-order valence-electron chi connectivity index (χ1n) is 6.17. The Bertz CT molecular complexity index is 189. The largest absolute Gasteiger partial charge is 0.123 e. The molecule has 4 atom stereocenters. The maximum absolute atomic E-state index is 6.44. The molecule has 0 radical (unpaired) electrons. The van der Waals surface area contributed by atoms with Gasteiger partial charge in [0.15, 0.2) is 0 Å². The van der Waals surface area contributed by atoms with Crippen LogP contribution >= 0.6 is 46.4 Å². The molecule has 2 aliphatic carbocycles. The lowest BCUT2D eigenvalue weighted by Crippen LogP contribution is -2.45. The van der Waals surface area contributed by atoms with Gasteiger partial charge in [-0.3, -0.25) is 0 Å². The van der Waals surface area contributed by atoms with Crippen molar-refractivity contribution in [2.45, 2.75) is 60.0 Å². The van der Waals surface area contributed by atoms with E-state index < -0.39 is 0 Å². The van der Waals surface area contributed by atoms with Crippen molar-refractivity contribution < 1.29 is 0 Å². The van der Waals surface area contributed by atoms with Crippen molar-refractivity contribution in [3.05, 3.63) is 0 Å². The van der Waals surface area contributed by atoms with Crippen molar-refractivity contribution in [1.82, 2.24) is 0 Å². The molecule has 0 nitrogen and oxygen atoms in total. The zero-order valence-corrected chi connectivity index (χ0v) is 12.2. The zero-order valence-electron chi connectivity index (χ0n) is 9.22. The number of alkyl halides is 4. The Morgan fingerprint density at radius 1 is 0.500 bits per heavy atom. The molecule has 4 unspecified atom stereocenters. The molecule has 2 saturated carbocycles. The third-order valence-electron chi connectivity index (χ3n) is 4.03. The minimum Gasteiger partial charge on any atom is -0.123 e. The summed E-state index contributed by atoms with van der Waals surface area (Å²) in [7, 11) is 0. The molecule has 0 saturated heterocycles. The lowest BCUT2D eigenvalue weighted by molar-refractivity contribution is 0.213. The highest BCUT2D eigenvalue weighted by atomic mass is 35.5. The molecule has 2 rings (SSSR count). The van der Waals surface area contributed by atoms with Crippen molar-refractivity contribution in [3.63, 3.8) is 0 Å². The summed E-state index contributed by atoms with van der Waals surface area (Å²) in [5.41, 5.74) is 0. The van der Waals surface area contributed by atoms with Gasteiger partial charge in [0.25, 0.3) is 0 Å². The Hall–Kier alpha value is 1.16. The summed E-state index contributed by atoms with van der Waals surface area (Å²) in [6, 6.07) is 0. The summed E-state index contributed by atoms with van der Waals surface area (Å²) in [5, 5.41) is 0.618. The van der Waals surface area contributed by atoms with Crippen LogP contribution in [0.5, 0.6) is 0 Å². The Morgan fingerprint density at radius 3 is 1.00 bits per heavy atom. The number of hydrogen-bond donors (Lipinski definition) is 0. The molecule has 16 heavy (non-hydrogen) atoms. The van der Waals surface area contributed by atoms with Gasteiger partial charge in [0.05, 0.1) is 0 Å². The highest BCUT2D eigenvalue weighted by Crippen LogP contribution is 2.46. The number of rotatable bonds is 1. The fourth-order valence-corrected chi connectivity index (χ4v) is 5.34. The average molecular weight is 304 g/mol. The fraction of sp³-hybridized carbons (Fsp3) is 1.00. The van der Waals surface area contributed by atoms with Gasteiger partial charge < -0.3 is 0 Å². The number of halogens is 4. The predicted octanol–water partition coefficient (Wildman–Crippen LogP) is 5.02. The van der Waals surface area contributed by atoms with Gasteiger partial charge >= 0.3 is 0 Å². The molecule has 0 aromatic heterocycles. The van der Waals surface area contributed by atoms with Crippen LogP contribution in [-0.2, 0) is 0 Å². The van der Waals surface area contributed by atoms with E-state index in [1.165, 1.54) is 0 Å². The van der Waals surface area contributed by atoms with Crippen molar-refractivity contribution >= 4 is 46.4 Å². The van der Waals surface area contributed by atoms with Gasteiger partial charge in [-0.2, -0.15) is 0 Å².